The third-order valence-corrected chi connectivity index (χ3v) is 1.87. The number of carbonyl (C=O) groups excluding carboxylic acids is 1. The maximum Gasteiger partial charge on any atom is 0.224 e. The van der Waals surface area contributed by atoms with E-state index in [9.17, 15) is 4.79 Å². The van der Waals surface area contributed by atoms with Gasteiger partial charge in [0.1, 0.15) is 0 Å². The molecule has 0 spiro atoms. The number of aliphatic hydroxyl groups is 1. The Labute approximate surface area is 85.9 Å². The minimum atomic E-state index is 0.0185. The molecule has 0 heterocycles. The van der Waals surface area contributed by atoms with E-state index < -0.39 is 0 Å². The highest BCUT2D eigenvalue weighted by molar-refractivity contribution is 5.76. The Kier molecular flexibility index (Phi) is 7.42. The molecule has 0 fully saturated rings. The minimum absolute atomic E-state index is 0.0185. The van der Waals surface area contributed by atoms with Crippen LogP contribution in [0.3, 0.4) is 0 Å². The summed E-state index contributed by atoms with van der Waals surface area (Å²) in [7, 11) is 0. The predicted molar refractivity (Wildman–Crippen MR) is 55.0 cm³/mol. The zero-order valence-electron chi connectivity index (χ0n) is 9.32. The maximum atomic E-state index is 11.5. The molecule has 0 aliphatic rings. The van der Waals surface area contributed by atoms with Crippen LogP contribution in [-0.2, 0) is 9.53 Å². The second-order valence-electron chi connectivity index (χ2n) is 3.37. The van der Waals surface area contributed by atoms with Gasteiger partial charge in [0.25, 0.3) is 0 Å². The van der Waals surface area contributed by atoms with E-state index in [2.05, 4.69) is 0 Å². The van der Waals surface area contributed by atoms with E-state index in [-0.39, 0.29) is 18.6 Å². The van der Waals surface area contributed by atoms with Crippen LogP contribution in [0.25, 0.3) is 0 Å². The average Bonchev–Trinajstić information content (AvgIpc) is 2.13. The molecule has 0 unspecified atom stereocenters. The van der Waals surface area contributed by atoms with Crippen LogP contribution in [0, 0.1) is 0 Å². The molecule has 0 aliphatic heterocycles. The molecule has 0 aromatic carbocycles. The molecule has 1 amide bonds. The zero-order valence-corrected chi connectivity index (χ0v) is 9.32. The first-order valence-electron chi connectivity index (χ1n) is 5.12. The van der Waals surface area contributed by atoms with Crippen LogP contribution in [0.15, 0.2) is 0 Å². The summed E-state index contributed by atoms with van der Waals surface area (Å²) in [6, 6.07) is 0. The molecule has 0 aromatic rings. The van der Waals surface area contributed by atoms with Gasteiger partial charge in [-0.15, -0.1) is 0 Å². The Morgan fingerprint density at radius 3 is 2.57 bits per heavy atom. The van der Waals surface area contributed by atoms with Crippen molar-refractivity contribution in [3.8, 4) is 0 Å². The van der Waals surface area contributed by atoms with Crippen molar-refractivity contribution in [1.82, 2.24) is 4.90 Å². The second-order valence-corrected chi connectivity index (χ2v) is 3.37. The van der Waals surface area contributed by atoms with Gasteiger partial charge in [0.15, 0.2) is 0 Å². The predicted octanol–water partition coefficient (Wildman–Crippen LogP) is 0.642. The molecule has 14 heavy (non-hydrogen) atoms. The van der Waals surface area contributed by atoms with E-state index in [0.717, 1.165) is 0 Å². The number of rotatable bonds is 7. The summed E-state index contributed by atoms with van der Waals surface area (Å²) in [6.45, 7) is 7.31. The number of hydrogen-bond acceptors (Lipinski definition) is 3. The summed E-state index contributed by atoms with van der Waals surface area (Å²) < 4.78 is 5.28. The molecule has 0 aromatic heterocycles. The molecule has 0 rings (SSSR count). The molecular weight excluding hydrogens is 182 g/mol. The topological polar surface area (TPSA) is 49.8 Å². The van der Waals surface area contributed by atoms with Crippen LogP contribution in [0.2, 0.25) is 0 Å². The lowest BCUT2D eigenvalue weighted by Gasteiger charge is -2.19. The van der Waals surface area contributed by atoms with Crippen LogP contribution in [0.1, 0.15) is 27.2 Å². The number of aliphatic hydroxyl groups excluding tert-OH is 1. The number of amides is 1. The van der Waals surface area contributed by atoms with Gasteiger partial charge in [0.05, 0.1) is 25.7 Å². The molecule has 0 bridgehead atoms. The summed E-state index contributed by atoms with van der Waals surface area (Å²) in [5.74, 6) is 0.0437. The van der Waals surface area contributed by atoms with E-state index in [1.54, 1.807) is 4.90 Å². The number of hydrogen-bond donors (Lipinski definition) is 1. The van der Waals surface area contributed by atoms with Crippen molar-refractivity contribution < 1.29 is 14.6 Å². The van der Waals surface area contributed by atoms with E-state index in [0.29, 0.717) is 26.1 Å². The van der Waals surface area contributed by atoms with Crippen LogP contribution in [0.5, 0.6) is 0 Å². The molecule has 0 radical (unpaired) electrons. The summed E-state index contributed by atoms with van der Waals surface area (Å²) in [5, 5.41) is 8.71. The normalized spacial score (nSPS) is 10.6. The summed E-state index contributed by atoms with van der Waals surface area (Å²) >= 11 is 0. The summed E-state index contributed by atoms with van der Waals surface area (Å²) in [5.41, 5.74) is 0. The Morgan fingerprint density at radius 1 is 1.50 bits per heavy atom. The fourth-order valence-corrected chi connectivity index (χ4v) is 1.12. The highest BCUT2D eigenvalue weighted by Gasteiger charge is 2.10. The molecule has 4 heteroatoms. The fourth-order valence-electron chi connectivity index (χ4n) is 1.12. The van der Waals surface area contributed by atoms with Crippen molar-refractivity contribution in [2.75, 3.05) is 26.3 Å². The number of ether oxygens (including phenoxy) is 1. The first-order valence-corrected chi connectivity index (χ1v) is 5.12. The molecule has 1 N–H and O–H groups in total. The lowest BCUT2D eigenvalue weighted by atomic mass is 10.3. The van der Waals surface area contributed by atoms with E-state index in [1.807, 2.05) is 20.8 Å². The third kappa shape index (κ3) is 5.94. The lowest BCUT2D eigenvalue weighted by Crippen LogP contribution is -2.34. The van der Waals surface area contributed by atoms with Gasteiger partial charge in [-0.2, -0.15) is 0 Å². The molecule has 0 aliphatic carbocycles. The van der Waals surface area contributed by atoms with Crippen LogP contribution >= 0.6 is 0 Å². The molecule has 0 saturated carbocycles. The summed E-state index contributed by atoms with van der Waals surface area (Å²) in [6.07, 6.45) is 0.558. The molecule has 84 valence electrons. The number of likely N-dealkylation sites (N-methyl/N-ethyl adjacent to an activating group) is 1. The van der Waals surface area contributed by atoms with Crippen molar-refractivity contribution in [3.05, 3.63) is 0 Å². The monoisotopic (exact) mass is 203 g/mol. The van der Waals surface area contributed by atoms with E-state index in [4.69, 9.17) is 9.84 Å². The molecule has 0 atom stereocenters. The first kappa shape index (κ1) is 13.4. The van der Waals surface area contributed by atoms with Crippen LogP contribution in [0.4, 0.5) is 0 Å². The van der Waals surface area contributed by atoms with E-state index in [1.165, 1.54) is 0 Å². The zero-order chi connectivity index (χ0) is 11.0. The molecule has 0 saturated heterocycles. The van der Waals surface area contributed by atoms with Gasteiger partial charge < -0.3 is 14.7 Å². The van der Waals surface area contributed by atoms with Gasteiger partial charge in [0, 0.05) is 13.1 Å². The Bertz CT molecular complexity index is 159. The maximum absolute atomic E-state index is 11.5. The molecular formula is C10H21NO3. The first-order chi connectivity index (χ1) is 6.61. The van der Waals surface area contributed by atoms with Gasteiger partial charge in [-0.05, 0) is 20.8 Å². The van der Waals surface area contributed by atoms with Crippen LogP contribution in [-0.4, -0.2) is 48.3 Å². The average molecular weight is 203 g/mol. The fraction of sp³-hybridized carbons (Fsp3) is 0.900. The SMILES string of the molecule is CCN(CCO)C(=O)CCOC(C)C. The van der Waals surface area contributed by atoms with Gasteiger partial charge in [-0.3, -0.25) is 4.79 Å². The van der Waals surface area contributed by atoms with Gasteiger partial charge >= 0.3 is 0 Å². The van der Waals surface area contributed by atoms with Gasteiger partial charge in [-0.1, -0.05) is 0 Å². The standard InChI is InChI=1S/C10H21NO3/c1-4-11(6-7-12)10(13)5-8-14-9(2)3/h9,12H,4-8H2,1-3H3. The number of nitrogens with zero attached hydrogens (tertiary/aromatic N) is 1. The quantitative estimate of drug-likeness (QED) is 0.660. The number of carbonyl (C=O) groups is 1. The van der Waals surface area contributed by atoms with Gasteiger partial charge in [0.2, 0.25) is 5.91 Å². The van der Waals surface area contributed by atoms with Gasteiger partial charge in [-0.25, -0.2) is 0 Å². The summed E-state index contributed by atoms with van der Waals surface area (Å²) in [4.78, 5) is 13.1. The Morgan fingerprint density at radius 2 is 2.14 bits per heavy atom. The van der Waals surface area contributed by atoms with Crippen molar-refractivity contribution in [1.29, 1.82) is 0 Å². The highest BCUT2D eigenvalue weighted by Crippen LogP contribution is 1.96. The van der Waals surface area contributed by atoms with Crippen molar-refractivity contribution in [2.45, 2.75) is 33.3 Å². The Hall–Kier alpha value is -0.610. The minimum Gasteiger partial charge on any atom is -0.395 e. The third-order valence-electron chi connectivity index (χ3n) is 1.87. The Balaban J connectivity index is 3.69. The van der Waals surface area contributed by atoms with Crippen molar-refractivity contribution in [3.63, 3.8) is 0 Å². The van der Waals surface area contributed by atoms with Crippen LogP contribution < -0.4 is 0 Å². The molecule has 4 nitrogen and oxygen atoms in total. The largest absolute Gasteiger partial charge is 0.395 e. The second kappa shape index (κ2) is 7.76. The smallest absolute Gasteiger partial charge is 0.224 e. The lowest BCUT2D eigenvalue weighted by molar-refractivity contribution is -0.132. The van der Waals surface area contributed by atoms with E-state index >= 15 is 0 Å². The van der Waals surface area contributed by atoms with Crippen molar-refractivity contribution in [2.24, 2.45) is 0 Å². The highest BCUT2D eigenvalue weighted by atomic mass is 16.5. The van der Waals surface area contributed by atoms with Crippen molar-refractivity contribution >= 4 is 5.91 Å².